The van der Waals surface area contributed by atoms with Crippen molar-refractivity contribution in [3.8, 4) is 0 Å². The van der Waals surface area contributed by atoms with Crippen molar-refractivity contribution < 1.29 is 14.1 Å². The molecular formula is C13H16BIO3. The Labute approximate surface area is 122 Å². The van der Waals surface area contributed by atoms with Crippen molar-refractivity contribution in [3.05, 3.63) is 27.3 Å². The Morgan fingerprint density at radius 3 is 2.22 bits per heavy atom. The number of rotatable bonds is 2. The maximum atomic E-state index is 11.2. The Hall–Kier alpha value is -0.395. The quantitative estimate of drug-likeness (QED) is 0.463. The molecule has 0 N–H and O–H groups in total. The second-order valence-electron chi connectivity index (χ2n) is 5.45. The van der Waals surface area contributed by atoms with Gasteiger partial charge in [0.15, 0.2) is 6.29 Å². The highest BCUT2D eigenvalue weighted by atomic mass is 127. The largest absolute Gasteiger partial charge is 0.495 e. The minimum absolute atomic E-state index is 0.390. The molecule has 0 unspecified atom stereocenters. The minimum Gasteiger partial charge on any atom is -0.399 e. The van der Waals surface area contributed by atoms with Gasteiger partial charge in [-0.05, 0) is 61.8 Å². The normalized spacial score (nSPS) is 21.1. The molecule has 5 heteroatoms. The zero-order chi connectivity index (χ0) is 13.6. The van der Waals surface area contributed by atoms with Gasteiger partial charge in [-0.2, -0.15) is 0 Å². The van der Waals surface area contributed by atoms with Gasteiger partial charge in [0.05, 0.1) is 11.2 Å². The third-order valence-electron chi connectivity index (χ3n) is 3.71. The molecule has 0 saturated carbocycles. The van der Waals surface area contributed by atoms with Crippen LogP contribution in [0.2, 0.25) is 0 Å². The van der Waals surface area contributed by atoms with Crippen LogP contribution in [0.5, 0.6) is 0 Å². The first-order valence-corrected chi connectivity index (χ1v) is 6.95. The van der Waals surface area contributed by atoms with Crippen LogP contribution < -0.4 is 5.46 Å². The van der Waals surface area contributed by atoms with E-state index in [-0.39, 0.29) is 11.2 Å². The van der Waals surface area contributed by atoms with Gasteiger partial charge in [0.2, 0.25) is 0 Å². The number of carbonyl (C=O) groups excluding carboxylic acids is 1. The monoisotopic (exact) mass is 358 g/mol. The van der Waals surface area contributed by atoms with E-state index in [4.69, 9.17) is 9.31 Å². The van der Waals surface area contributed by atoms with Gasteiger partial charge in [-0.15, -0.1) is 0 Å². The fourth-order valence-electron chi connectivity index (χ4n) is 1.85. The van der Waals surface area contributed by atoms with Crippen LogP contribution in [-0.4, -0.2) is 24.6 Å². The Morgan fingerprint density at radius 1 is 1.17 bits per heavy atom. The SMILES string of the molecule is CC1(C)OB(c2cccc(I)c2C=O)OC1(C)C. The Kier molecular flexibility index (Phi) is 3.59. The zero-order valence-corrected chi connectivity index (χ0v) is 13.1. The molecule has 18 heavy (non-hydrogen) atoms. The molecule has 1 heterocycles. The van der Waals surface area contributed by atoms with Crippen LogP contribution in [-0.2, 0) is 9.31 Å². The summed E-state index contributed by atoms with van der Waals surface area (Å²) in [5.41, 5.74) is 0.671. The van der Waals surface area contributed by atoms with Crippen LogP contribution >= 0.6 is 22.6 Å². The van der Waals surface area contributed by atoms with Crippen molar-refractivity contribution in [3.63, 3.8) is 0 Å². The summed E-state index contributed by atoms with van der Waals surface area (Å²) in [5, 5.41) is 0. The predicted molar refractivity (Wildman–Crippen MR) is 80.3 cm³/mol. The van der Waals surface area contributed by atoms with E-state index in [1.54, 1.807) is 0 Å². The molecule has 1 aromatic carbocycles. The van der Waals surface area contributed by atoms with Crippen molar-refractivity contribution >= 4 is 41.5 Å². The van der Waals surface area contributed by atoms with Crippen molar-refractivity contribution in [2.24, 2.45) is 0 Å². The smallest absolute Gasteiger partial charge is 0.399 e. The Balaban J connectivity index is 2.41. The second-order valence-corrected chi connectivity index (χ2v) is 6.61. The summed E-state index contributed by atoms with van der Waals surface area (Å²) in [6.07, 6.45) is 0.863. The van der Waals surface area contributed by atoms with Crippen LogP contribution in [0.15, 0.2) is 18.2 Å². The molecule has 0 radical (unpaired) electrons. The first-order chi connectivity index (χ1) is 8.28. The van der Waals surface area contributed by atoms with E-state index in [0.717, 1.165) is 15.3 Å². The molecule has 1 aromatic rings. The fraction of sp³-hybridized carbons (Fsp3) is 0.462. The fourth-order valence-corrected chi connectivity index (χ4v) is 2.50. The lowest BCUT2D eigenvalue weighted by molar-refractivity contribution is 0.00578. The summed E-state index contributed by atoms with van der Waals surface area (Å²) in [4.78, 5) is 11.2. The molecule has 1 aliphatic heterocycles. The second kappa shape index (κ2) is 4.61. The number of hydrogen-bond donors (Lipinski definition) is 0. The molecule has 1 aliphatic rings. The van der Waals surface area contributed by atoms with Crippen LogP contribution in [0.25, 0.3) is 0 Å². The molecule has 0 aliphatic carbocycles. The van der Waals surface area contributed by atoms with E-state index in [1.807, 2.05) is 45.9 Å². The highest BCUT2D eigenvalue weighted by Gasteiger charge is 2.52. The van der Waals surface area contributed by atoms with E-state index in [0.29, 0.717) is 5.56 Å². The van der Waals surface area contributed by atoms with Gasteiger partial charge in [-0.25, -0.2) is 0 Å². The molecule has 3 nitrogen and oxygen atoms in total. The summed E-state index contributed by atoms with van der Waals surface area (Å²) >= 11 is 2.15. The Bertz CT molecular complexity index is 469. The molecule has 1 fully saturated rings. The third-order valence-corrected chi connectivity index (χ3v) is 4.65. The van der Waals surface area contributed by atoms with Gasteiger partial charge in [0.25, 0.3) is 0 Å². The molecule has 0 amide bonds. The highest BCUT2D eigenvalue weighted by molar-refractivity contribution is 14.1. The maximum Gasteiger partial charge on any atom is 0.495 e. The van der Waals surface area contributed by atoms with Crippen LogP contribution in [0.3, 0.4) is 0 Å². The molecule has 0 atom stereocenters. The lowest BCUT2D eigenvalue weighted by atomic mass is 9.76. The minimum atomic E-state index is -0.482. The summed E-state index contributed by atoms with van der Waals surface area (Å²) < 4.78 is 12.8. The summed E-state index contributed by atoms with van der Waals surface area (Å²) in [6.45, 7) is 8.01. The molecule has 0 bridgehead atoms. The molecule has 1 saturated heterocycles. The van der Waals surface area contributed by atoms with E-state index in [9.17, 15) is 4.79 Å². The average Bonchev–Trinajstić information content (AvgIpc) is 2.47. The summed E-state index contributed by atoms with van der Waals surface area (Å²) in [5.74, 6) is 0. The Morgan fingerprint density at radius 2 is 1.72 bits per heavy atom. The summed E-state index contributed by atoms with van der Waals surface area (Å²) in [6, 6.07) is 5.70. The molecule has 96 valence electrons. The highest BCUT2D eigenvalue weighted by Crippen LogP contribution is 2.36. The van der Waals surface area contributed by atoms with E-state index >= 15 is 0 Å². The number of benzene rings is 1. The lowest BCUT2D eigenvalue weighted by Gasteiger charge is -2.32. The van der Waals surface area contributed by atoms with Gasteiger partial charge in [0.1, 0.15) is 0 Å². The topological polar surface area (TPSA) is 35.5 Å². The van der Waals surface area contributed by atoms with E-state index in [1.165, 1.54) is 0 Å². The molecule has 2 rings (SSSR count). The summed E-state index contributed by atoms with van der Waals surface area (Å²) in [7, 11) is -0.482. The van der Waals surface area contributed by atoms with Gasteiger partial charge < -0.3 is 9.31 Å². The van der Waals surface area contributed by atoms with Crippen molar-refractivity contribution in [2.45, 2.75) is 38.9 Å². The maximum absolute atomic E-state index is 11.2. The van der Waals surface area contributed by atoms with Crippen molar-refractivity contribution in [1.29, 1.82) is 0 Å². The van der Waals surface area contributed by atoms with Crippen molar-refractivity contribution in [2.75, 3.05) is 0 Å². The first-order valence-electron chi connectivity index (χ1n) is 5.88. The molecule has 0 aromatic heterocycles. The van der Waals surface area contributed by atoms with E-state index in [2.05, 4.69) is 22.6 Å². The van der Waals surface area contributed by atoms with Gasteiger partial charge in [0, 0.05) is 9.13 Å². The van der Waals surface area contributed by atoms with Crippen molar-refractivity contribution in [1.82, 2.24) is 0 Å². The number of halogens is 1. The van der Waals surface area contributed by atoms with Crippen LogP contribution in [0, 0.1) is 3.57 Å². The standard InChI is InChI=1S/C13H16BIO3/c1-12(2)13(3,4)18-14(17-12)10-6-5-7-11(15)9(10)8-16/h5-8H,1-4H3. The molecular weight excluding hydrogens is 342 g/mol. The van der Waals surface area contributed by atoms with Gasteiger partial charge >= 0.3 is 7.12 Å². The van der Waals surface area contributed by atoms with Crippen LogP contribution in [0.1, 0.15) is 38.1 Å². The predicted octanol–water partition coefficient (Wildman–Crippen LogP) is 2.40. The number of aldehydes is 1. The number of hydrogen-bond acceptors (Lipinski definition) is 3. The zero-order valence-electron chi connectivity index (χ0n) is 11.0. The van der Waals surface area contributed by atoms with Gasteiger partial charge in [-0.3, -0.25) is 4.79 Å². The average molecular weight is 358 g/mol. The molecule has 0 spiro atoms. The first kappa shape index (κ1) is 14.0. The van der Waals surface area contributed by atoms with Gasteiger partial charge in [-0.1, -0.05) is 12.1 Å². The third kappa shape index (κ3) is 2.23. The van der Waals surface area contributed by atoms with Crippen LogP contribution in [0.4, 0.5) is 0 Å². The lowest BCUT2D eigenvalue weighted by Crippen LogP contribution is -2.41. The number of carbonyl (C=O) groups is 1. The van der Waals surface area contributed by atoms with E-state index < -0.39 is 7.12 Å².